The molecule has 0 aliphatic rings. The highest BCUT2D eigenvalue weighted by molar-refractivity contribution is 7.92. The van der Waals surface area contributed by atoms with Crippen molar-refractivity contribution in [2.75, 3.05) is 16.2 Å². The van der Waals surface area contributed by atoms with Crippen molar-refractivity contribution in [3.63, 3.8) is 0 Å². The van der Waals surface area contributed by atoms with E-state index in [9.17, 15) is 18.0 Å². The van der Waals surface area contributed by atoms with Gasteiger partial charge in [0.1, 0.15) is 6.54 Å². The molecule has 2 aromatic rings. The van der Waals surface area contributed by atoms with Gasteiger partial charge in [0.25, 0.3) is 15.9 Å². The fourth-order valence-corrected chi connectivity index (χ4v) is 3.85. The highest BCUT2D eigenvalue weighted by Crippen LogP contribution is 2.25. The molecule has 0 aliphatic carbocycles. The molecule has 0 fully saturated rings. The second-order valence-electron chi connectivity index (χ2n) is 5.80. The predicted molar refractivity (Wildman–Crippen MR) is 103 cm³/mol. The van der Waals surface area contributed by atoms with E-state index < -0.39 is 22.5 Å². The van der Waals surface area contributed by atoms with Crippen molar-refractivity contribution in [3.05, 3.63) is 54.1 Å². The number of aryl methyl sites for hydroxylation is 1. The molecular weight excluding hydrogens is 368 g/mol. The number of carbonyl (C=O) groups is 2. The lowest BCUT2D eigenvalue weighted by Gasteiger charge is -2.24. The summed E-state index contributed by atoms with van der Waals surface area (Å²) in [5, 5.41) is 2.57. The first-order valence-corrected chi connectivity index (χ1v) is 9.70. The summed E-state index contributed by atoms with van der Waals surface area (Å²) in [4.78, 5) is 22.9. The van der Waals surface area contributed by atoms with E-state index in [0.29, 0.717) is 11.4 Å². The summed E-state index contributed by atoms with van der Waals surface area (Å²) in [6.07, 6.45) is 0.806. The van der Waals surface area contributed by atoms with Gasteiger partial charge in [0.2, 0.25) is 5.91 Å². The molecule has 0 saturated carbocycles. The standard InChI is InChI=1S/C18H22N4O4S/c1-3-14-4-8-16(9-5-14)22(12-18(24)21-19)27(25,26)17-10-6-15(7-11-17)20-13(2)23/h4-11H,3,12,19H2,1-2H3,(H,20,23)(H,21,24). The largest absolute Gasteiger partial charge is 0.326 e. The maximum atomic E-state index is 13.1. The summed E-state index contributed by atoms with van der Waals surface area (Å²) in [6.45, 7) is 2.89. The molecule has 144 valence electrons. The minimum Gasteiger partial charge on any atom is -0.326 e. The number of amides is 2. The van der Waals surface area contributed by atoms with E-state index in [1.165, 1.54) is 31.2 Å². The van der Waals surface area contributed by atoms with Crippen LogP contribution in [0.5, 0.6) is 0 Å². The molecule has 0 heterocycles. The zero-order valence-corrected chi connectivity index (χ0v) is 15.9. The zero-order chi connectivity index (χ0) is 20.0. The molecule has 0 aromatic heterocycles. The van der Waals surface area contributed by atoms with Crippen molar-refractivity contribution in [2.24, 2.45) is 5.84 Å². The van der Waals surface area contributed by atoms with Gasteiger partial charge in [-0.1, -0.05) is 19.1 Å². The first-order chi connectivity index (χ1) is 12.8. The molecule has 2 rings (SSSR count). The number of nitrogens with zero attached hydrogens (tertiary/aromatic N) is 1. The average molecular weight is 390 g/mol. The smallest absolute Gasteiger partial charge is 0.264 e. The van der Waals surface area contributed by atoms with Gasteiger partial charge in [-0.25, -0.2) is 14.3 Å². The van der Waals surface area contributed by atoms with Gasteiger partial charge in [0, 0.05) is 12.6 Å². The van der Waals surface area contributed by atoms with Crippen LogP contribution in [0.3, 0.4) is 0 Å². The van der Waals surface area contributed by atoms with Gasteiger partial charge in [-0.2, -0.15) is 0 Å². The van der Waals surface area contributed by atoms with Crippen LogP contribution < -0.4 is 20.9 Å². The molecule has 0 unspecified atom stereocenters. The first-order valence-electron chi connectivity index (χ1n) is 8.26. The molecule has 0 aliphatic heterocycles. The highest BCUT2D eigenvalue weighted by atomic mass is 32.2. The van der Waals surface area contributed by atoms with Crippen molar-refractivity contribution in [3.8, 4) is 0 Å². The van der Waals surface area contributed by atoms with Crippen molar-refractivity contribution in [1.82, 2.24) is 5.43 Å². The Bertz CT molecular complexity index is 909. The average Bonchev–Trinajstić information content (AvgIpc) is 2.65. The Balaban J connectivity index is 2.42. The lowest BCUT2D eigenvalue weighted by Crippen LogP contribution is -2.43. The molecule has 0 spiro atoms. The number of hydrazine groups is 1. The third-order valence-corrected chi connectivity index (χ3v) is 5.63. The van der Waals surface area contributed by atoms with Crippen LogP contribution in [0.2, 0.25) is 0 Å². The molecule has 4 N–H and O–H groups in total. The summed E-state index contributed by atoms with van der Waals surface area (Å²) in [5.41, 5.74) is 3.81. The van der Waals surface area contributed by atoms with E-state index in [2.05, 4.69) is 5.32 Å². The van der Waals surface area contributed by atoms with Gasteiger partial charge >= 0.3 is 0 Å². The quantitative estimate of drug-likeness (QED) is 0.375. The van der Waals surface area contributed by atoms with Crippen LogP contribution in [-0.4, -0.2) is 26.8 Å². The molecule has 0 radical (unpaired) electrons. The second-order valence-corrected chi connectivity index (χ2v) is 7.67. The van der Waals surface area contributed by atoms with Crippen molar-refractivity contribution in [1.29, 1.82) is 0 Å². The van der Waals surface area contributed by atoms with Crippen molar-refractivity contribution in [2.45, 2.75) is 25.2 Å². The van der Waals surface area contributed by atoms with Crippen LogP contribution in [0.4, 0.5) is 11.4 Å². The zero-order valence-electron chi connectivity index (χ0n) is 15.1. The summed E-state index contributed by atoms with van der Waals surface area (Å²) < 4.78 is 27.2. The Hall–Kier alpha value is -2.91. The van der Waals surface area contributed by atoms with Gasteiger partial charge in [0.05, 0.1) is 10.6 Å². The fraction of sp³-hybridized carbons (Fsp3) is 0.222. The van der Waals surface area contributed by atoms with Gasteiger partial charge in [-0.15, -0.1) is 0 Å². The minimum absolute atomic E-state index is 0.0130. The van der Waals surface area contributed by atoms with Gasteiger partial charge in [0.15, 0.2) is 0 Å². The molecule has 0 saturated heterocycles. The van der Waals surface area contributed by atoms with E-state index in [-0.39, 0.29) is 10.8 Å². The summed E-state index contributed by atoms with van der Waals surface area (Å²) in [5.74, 6) is 4.22. The monoisotopic (exact) mass is 390 g/mol. The summed E-state index contributed by atoms with van der Waals surface area (Å²) >= 11 is 0. The normalized spacial score (nSPS) is 10.9. The number of nitrogens with two attached hydrogens (primary N) is 1. The summed E-state index contributed by atoms with van der Waals surface area (Å²) in [6, 6.07) is 12.6. The van der Waals surface area contributed by atoms with Crippen LogP contribution in [0, 0.1) is 0 Å². The molecule has 0 bridgehead atoms. The maximum absolute atomic E-state index is 13.1. The number of rotatable bonds is 7. The second kappa shape index (κ2) is 8.65. The fourth-order valence-electron chi connectivity index (χ4n) is 2.43. The van der Waals surface area contributed by atoms with E-state index >= 15 is 0 Å². The Morgan fingerprint density at radius 3 is 2.11 bits per heavy atom. The molecule has 9 heteroatoms. The number of hydrogen-bond donors (Lipinski definition) is 3. The summed E-state index contributed by atoms with van der Waals surface area (Å²) in [7, 11) is -4.02. The number of benzene rings is 2. The maximum Gasteiger partial charge on any atom is 0.264 e. The van der Waals surface area contributed by atoms with Crippen LogP contribution in [0.25, 0.3) is 0 Å². The molecule has 2 amide bonds. The van der Waals surface area contributed by atoms with E-state index in [4.69, 9.17) is 5.84 Å². The minimum atomic E-state index is -4.02. The number of hydrogen-bond acceptors (Lipinski definition) is 5. The van der Waals surface area contributed by atoms with Crippen molar-refractivity contribution >= 4 is 33.2 Å². The van der Waals surface area contributed by atoms with E-state index in [0.717, 1.165) is 16.3 Å². The number of nitrogens with one attached hydrogen (secondary N) is 2. The van der Waals surface area contributed by atoms with Crippen LogP contribution >= 0.6 is 0 Å². The third kappa shape index (κ3) is 5.05. The lowest BCUT2D eigenvalue weighted by molar-refractivity contribution is -0.119. The molecule has 27 heavy (non-hydrogen) atoms. The van der Waals surface area contributed by atoms with E-state index in [1.807, 2.05) is 12.3 Å². The van der Waals surface area contributed by atoms with Crippen LogP contribution in [0.1, 0.15) is 19.4 Å². The molecule has 8 nitrogen and oxygen atoms in total. The topological polar surface area (TPSA) is 122 Å². The Labute approximate surface area is 158 Å². The first kappa shape index (κ1) is 20.4. The SMILES string of the molecule is CCc1ccc(N(CC(=O)NN)S(=O)(=O)c2ccc(NC(C)=O)cc2)cc1. The Morgan fingerprint density at radius 2 is 1.63 bits per heavy atom. The molecule has 2 aromatic carbocycles. The third-order valence-electron chi connectivity index (χ3n) is 3.84. The molecule has 0 atom stereocenters. The Morgan fingerprint density at radius 1 is 1.04 bits per heavy atom. The predicted octanol–water partition coefficient (Wildman–Crippen LogP) is 1.39. The van der Waals surface area contributed by atoms with Crippen LogP contribution in [0.15, 0.2) is 53.4 Å². The number of carbonyl (C=O) groups excluding carboxylic acids is 2. The van der Waals surface area contributed by atoms with E-state index in [1.54, 1.807) is 24.3 Å². The Kier molecular flexibility index (Phi) is 6.54. The van der Waals surface area contributed by atoms with Gasteiger partial charge < -0.3 is 5.32 Å². The lowest BCUT2D eigenvalue weighted by atomic mass is 10.1. The van der Waals surface area contributed by atoms with Crippen molar-refractivity contribution < 1.29 is 18.0 Å². The van der Waals surface area contributed by atoms with Gasteiger partial charge in [-0.3, -0.25) is 19.3 Å². The highest BCUT2D eigenvalue weighted by Gasteiger charge is 2.27. The molecular formula is C18H22N4O4S. The number of anilines is 2. The number of sulfonamides is 1. The van der Waals surface area contributed by atoms with Crippen LogP contribution in [-0.2, 0) is 26.0 Å². The van der Waals surface area contributed by atoms with Gasteiger partial charge in [-0.05, 0) is 48.4 Å².